The van der Waals surface area contributed by atoms with Crippen molar-refractivity contribution < 1.29 is 19.1 Å². The number of urea groups is 1. The number of ether oxygens (including phenoxy) is 1. The molecule has 0 radical (unpaired) electrons. The first kappa shape index (κ1) is 18.8. The molecule has 25 heavy (non-hydrogen) atoms. The second kappa shape index (κ2) is 7.55. The summed E-state index contributed by atoms with van der Waals surface area (Å²) in [5.41, 5.74) is 0.363. The number of rotatable bonds is 5. The van der Waals surface area contributed by atoms with Gasteiger partial charge in [0, 0.05) is 17.3 Å². The number of hydrogen-bond acceptors (Lipinski definition) is 4. The van der Waals surface area contributed by atoms with Gasteiger partial charge in [-0.2, -0.15) is 0 Å². The van der Waals surface area contributed by atoms with Gasteiger partial charge >= 0.3 is 12.0 Å². The Bertz CT molecular complexity index is 663. The van der Waals surface area contributed by atoms with E-state index < -0.39 is 23.3 Å². The number of amides is 3. The summed E-state index contributed by atoms with van der Waals surface area (Å²) in [4.78, 5) is 36.2. The summed E-state index contributed by atoms with van der Waals surface area (Å²) in [5.74, 6) is -0.907. The molecule has 0 aromatic heterocycles. The third-order valence-corrected chi connectivity index (χ3v) is 3.87. The summed E-state index contributed by atoms with van der Waals surface area (Å²) in [7, 11) is 1.29. The third-order valence-electron chi connectivity index (χ3n) is 3.87. The van der Waals surface area contributed by atoms with Gasteiger partial charge in [0.25, 0.3) is 5.91 Å². The molecule has 7 nitrogen and oxygen atoms in total. The number of hydrogen-bond donors (Lipinski definition) is 3. The molecule has 1 aromatic carbocycles. The van der Waals surface area contributed by atoms with E-state index in [9.17, 15) is 14.4 Å². The zero-order valence-electron chi connectivity index (χ0n) is 15.0. The number of carbonyl (C=O) groups is 3. The molecular formula is C18H25N3O4. The van der Waals surface area contributed by atoms with Gasteiger partial charge < -0.3 is 20.7 Å². The lowest BCUT2D eigenvalue weighted by molar-refractivity contribution is -0.145. The van der Waals surface area contributed by atoms with Crippen molar-refractivity contribution in [3.8, 4) is 0 Å². The molecular weight excluding hydrogens is 322 g/mol. The van der Waals surface area contributed by atoms with E-state index >= 15 is 0 Å². The van der Waals surface area contributed by atoms with Crippen molar-refractivity contribution in [3.05, 3.63) is 29.8 Å². The molecule has 1 aliphatic rings. The fourth-order valence-electron chi connectivity index (χ4n) is 2.28. The van der Waals surface area contributed by atoms with Crippen molar-refractivity contribution in [3.63, 3.8) is 0 Å². The number of benzene rings is 1. The Morgan fingerprint density at radius 1 is 1.20 bits per heavy atom. The second-order valence-corrected chi connectivity index (χ2v) is 7.25. The smallest absolute Gasteiger partial charge is 0.328 e. The van der Waals surface area contributed by atoms with Gasteiger partial charge in [-0.1, -0.05) is 26.8 Å². The predicted octanol–water partition coefficient (Wildman–Crippen LogP) is 2.29. The Hall–Kier alpha value is -2.57. The molecule has 1 atom stereocenters. The highest BCUT2D eigenvalue weighted by atomic mass is 16.5. The summed E-state index contributed by atoms with van der Waals surface area (Å²) in [6.07, 6.45) is 2.00. The van der Waals surface area contributed by atoms with Crippen LogP contribution in [0.1, 0.15) is 44.0 Å². The van der Waals surface area contributed by atoms with Crippen molar-refractivity contribution in [1.82, 2.24) is 10.6 Å². The van der Waals surface area contributed by atoms with Crippen molar-refractivity contribution >= 4 is 23.6 Å². The first-order valence-electron chi connectivity index (χ1n) is 8.27. The third kappa shape index (κ3) is 5.48. The van der Waals surface area contributed by atoms with E-state index in [0.29, 0.717) is 11.3 Å². The van der Waals surface area contributed by atoms with Crippen LogP contribution in [0, 0.1) is 5.41 Å². The standard InChI is InChI=1S/C18H25N3O4/c1-18(2,3)14(16(23)25-4)21-15(22)11-6-5-7-13(10-11)20-17(24)19-12-8-9-12/h5-7,10,12,14H,8-9H2,1-4H3,(H,21,22)(H2,19,20,24)/t14-/m1/s1. The Morgan fingerprint density at radius 2 is 1.88 bits per heavy atom. The van der Waals surface area contributed by atoms with Crippen LogP contribution in [-0.4, -0.2) is 37.1 Å². The van der Waals surface area contributed by atoms with E-state index in [1.165, 1.54) is 7.11 Å². The maximum absolute atomic E-state index is 12.5. The quantitative estimate of drug-likeness (QED) is 0.712. The summed E-state index contributed by atoms with van der Waals surface area (Å²) in [5, 5.41) is 8.22. The first-order chi connectivity index (χ1) is 11.7. The van der Waals surface area contributed by atoms with Crippen LogP contribution < -0.4 is 16.0 Å². The van der Waals surface area contributed by atoms with Crippen LogP contribution in [-0.2, 0) is 9.53 Å². The SMILES string of the molecule is COC(=O)[C@@H](NC(=O)c1cccc(NC(=O)NC2CC2)c1)C(C)(C)C. The highest BCUT2D eigenvalue weighted by Gasteiger charge is 2.33. The van der Waals surface area contributed by atoms with Crippen LogP contribution in [0.25, 0.3) is 0 Å². The van der Waals surface area contributed by atoms with Crippen molar-refractivity contribution in [2.75, 3.05) is 12.4 Å². The highest BCUT2D eigenvalue weighted by molar-refractivity contribution is 5.99. The average Bonchev–Trinajstić information content (AvgIpc) is 3.34. The zero-order valence-corrected chi connectivity index (χ0v) is 15.0. The Kier molecular flexibility index (Phi) is 5.66. The van der Waals surface area contributed by atoms with Gasteiger partial charge in [-0.15, -0.1) is 0 Å². The molecule has 136 valence electrons. The molecule has 1 saturated carbocycles. The van der Waals surface area contributed by atoms with Crippen molar-refractivity contribution in [1.29, 1.82) is 0 Å². The summed E-state index contributed by atoms with van der Waals surface area (Å²) < 4.78 is 4.78. The van der Waals surface area contributed by atoms with E-state index in [-0.39, 0.29) is 12.1 Å². The van der Waals surface area contributed by atoms with Crippen molar-refractivity contribution in [2.45, 2.75) is 45.7 Å². The summed E-state index contributed by atoms with van der Waals surface area (Å²) in [6, 6.07) is 5.74. The lowest BCUT2D eigenvalue weighted by Gasteiger charge is -2.29. The molecule has 1 aromatic rings. The Morgan fingerprint density at radius 3 is 2.44 bits per heavy atom. The Balaban J connectivity index is 2.06. The summed E-state index contributed by atoms with van der Waals surface area (Å²) >= 11 is 0. The molecule has 1 fully saturated rings. The minimum absolute atomic E-state index is 0.249. The Labute approximate surface area is 147 Å². The van der Waals surface area contributed by atoms with Gasteiger partial charge in [0.05, 0.1) is 7.11 Å². The van der Waals surface area contributed by atoms with Crippen LogP contribution in [0.2, 0.25) is 0 Å². The second-order valence-electron chi connectivity index (χ2n) is 7.25. The van der Waals surface area contributed by atoms with E-state index in [1.54, 1.807) is 24.3 Å². The minimum Gasteiger partial charge on any atom is -0.467 e. The van der Waals surface area contributed by atoms with Crippen LogP contribution in [0.15, 0.2) is 24.3 Å². The number of anilines is 1. The van der Waals surface area contributed by atoms with Crippen LogP contribution in [0.4, 0.5) is 10.5 Å². The van der Waals surface area contributed by atoms with Crippen LogP contribution >= 0.6 is 0 Å². The number of nitrogens with one attached hydrogen (secondary N) is 3. The zero-order chi connectivity index (χ0) is 18.6. The first-order valence-corrected chi connectivity index (χ1v) is 8.27. The fourth-order valence-corrected chi connectivity index (χ4v) is 2.28. The minimum atomic E-state index is -0.778. The number of carbonyl (C=O) groups excluding carboxylic acids is 3. The maximum atomic E-state index is 12.5. The predicted molar refractivity (Wildman–Crippen MR) is 94.3 cm³/mol. The average molecular weight is 347 g/mol. The molecule has 0 aliphatic heterocycles. The molecule has 0 spiro atoms. The van der Waals surface area contributed by atoms with E-state index in [1.807, 2.05) is 20.8 Å². The molecule has 0 bridgehead atoms. The van der Waals surface area contributed by atoms with Gasteiger partial charge in [0.1, 0.15) is 6.04 Å². The lowest BCUT2D eigenvalue weighted by atomic mass is 9.86. The molecule has 3 amide bonds. The largest absolute Gasteiger partial charge is 0.467 e. The van der Waals surface area contributed by atoms with Gasteiger partial charge in [0.15, 0.2) is 0 Å². The molecule has 3 N–H and O–H groups in total. The number of methoxy groups -OCH3 is 1. The molecule has 7 heteroatoms. The van der Waals surface area contributed by atoms with Gasteiger partial charge in [-0.25, -0.2) is 9.59 Å². The molecule has 0 unspecified atom stereocenters. The highest BCUT2D eigenvalue weighted by Crippen LogP contribution is 2.21. The summed E-state index contributed by atoms with van der Waals surface area (Å²) in [6.45, 7) is 5.53. The van der Waals surface area contributed by atoms with E-state index in [0.717, 1.165) is 12.8 Å². The molecule has 0 saturated heterocycles. The lowest BCUT2D eigenvalue weighted by Crippen LogP contribution is -2.49. The van der Waals surface area contributed by atoms with Gasteiger partial charge in [-0.05, 0) is 36.5 Å². The van der Waals surface area contributed by atoms with Crippen molar-refractivity contribution in [2.24, 2.45) is 5.41 Å². The van der Waals surface area contributed by atoms with Crippen LogP contribution in [0.5, 0.6) is 0 Å². The molecule has 1 aliphatic carbocycles. The maximum Gasteiger partial charge on any atom is 0.328 e. The van der Waals surface area contributed by atoms with Crippen LogP contribution in [0.3, 0.4) is 0 Å². The fraction of sp³-hybridized carbons (Fsp3) is 0.500. The van der Waals surface area contributed by atoms with E-state index in [2.05, 4.69) is 16.0 Å². The van der Waals surface area contributed by atoms with E-state index in [4.69, 9.17) is 4.74 Å². The topological polar surface area (TPSA) is 96.5 Å². The van der Waals surface area contributed by atoms with Gasteiger partial charge in [-0.3, -0.25) is 4.79 Å². The molecule has 2 rings (SSSR count). The number of esters is 1. The normalized spacial score (nSPS) is 15.0. The van der Waals surface area contributed by atoms with Gasteiger partial charge in [0.2, 0.25) is 0 Å². The monoisotopic (exact) mass is 347 g/mol. The molecule has 0 heterocycles.